The molecule has 2 fully saturated rings. The number of piperidine rings is 1. The van der Waals surface area contributed by atoms with E-state index in [0.717, 1.165) is 51.5 Å². The van der Waals surface area contributed by atoms with Gasteiger partial charge in [0.05, 0.1) is 18.3 Å². The summed E-state index contributed by atoms with van der Waals surface area (Å²) in [5.74, 6) is 0.919. The van der Waals surface area contributed by atoms with Gasteiger partial charge in [0.15, 0.2) is 5.96 Å². The van der Waals surface area contributed by atoms with Crippen molar-refractivity contribution < 1.29 is 9.47 Å². The predicted octanol–water partition coefficient (Wildman–Crippen LogP) is 2.86. The van der Waals surface area contributed by atoms with Gasteiger partial charge in [0.1, 0.15) is 0 Å². The highest BCUT2D eigenvalue weighted by molar-refractivity contribution is 14.0. The fourth-order valence-corrected chi connectivity index (χ4v) is 3.97. The second kappa shape index (κ2) is 10.6. The van der Waals surface area contributed by atoms with Gasteiger partial charge in [-0.3, -0.25) is 4.99 Å². The van der Waals surface area contributed by atoms with Gasteiger partial charge in [0.2, 0.25) is 0 Å². The third-order valence-corrected chi connectivity index (χ3v) is 6.60. The van der Waals surface area contributed by atoms with Crippen LogP contribution < -0.4 is 10.6 Å². The van der Waals surface area contributed by atoms with Crippen LogP contribution in [0, 0.1) is 5.41 Å². The van der Waals surface area contributed by atoms with E-state index in [0.29, 0.717) is 18.2 Å². The standard InChI is InChI=1S/C20H40N4O2.HI/c1-15(2)26-13-12-24-10-8-16(9-11-24)22-18(21-6)23-17-14-20(5,25-7)19(17,3)4;/h15-17H,8-14H2,1-7H3,(H2,21,22,23);1H. The first-order chi connectivity index (χ1) is 12.2. The highest BCUT2D eigenvalue weighted by Crippen LogP contribution is 2.51. The second-order valence-corrected chi connectivity index (χ2v) is 8.81. The van der Waals surface area contributed by atoms with Crippen molar-refractivity contribution in [2.75, 3.05) is 40.4 Å². The minimum atomic E-state index is -0.0626. The maximum absolute atomic E-state index is 5.73. The van der Waals surface area contributed by atoms with Crippen LogP contribution in [-0.4, -0.2) is 75.0 Å². The Kier molecular flexibility index (Phi) is 9.78. The van der Waals surface area contributed by atoms with Gasteiger partial charge < -0.3 is 25.0 Å². The van der Waals surface area contributed by atoms with E-state index in [4.69, 9.17) is 9.47 Å². The molecule has 2 rings (SSSR count). The normalized spacial score (nSPS) is 29.2. The molecule has 1 aliphatic carbocycles. The van der Waals surface area contributed by atoms with Crippen molar-refractivity contribution in [3.63, 3.8) is 0 Å². The molecule has 0 amide bonds. The summed E-state index contributed by atoms with van der Waals surface area (Å²) in [4.78, 5) is 6.95. The Balaban J connectivity index is 0.00000364. The fraction of sp³-hybridized carbons (Fsp3) is 0.950. The van der Waals surface area contributed by atoms with Gasteiger partial charge in [0, 0.05) is 51.3 Å². The molecule has 7 heteroatoms. The molecule has 2 aliphatic rings. The number of guanidine groups is 1. The first-order valence-electron chi connectivity index (χ1n) is 10.1. The third-order valence-electron chi connectivity index (χ3n) is 6.60. The van der Waals surface area contributed by atoms with Crippen molar-refractivity contribution in [1.82, 2.24) is 15.5 Å². The lowest BCUT2D eigenvalue weighted by atomic mass is 9.56. The molecule has 0 aromatic rings. The largest absolute Gasteiger partial charge is 0.378 e. The van der Waals surface area contributed by atoms with E-state index in [9.17, 15) is 0 Å². The maximum Gasteiger partial charge on any atom is 0.191 e. The van der Waals surface area contributed by atoms with Crippen molar-refractivity contribution in [2.45, 2.75) is 77.7 Å². The van der Waals surface area contributed by atoms with Crippen molar-refractivity contribution in [3.8, 4) is 0 Å². The summed E-state index contributed by atoms with van der Waals surface area (Å²) in [6.07, 6.45) is 3.61. The number of aliphatic imine (C=N–C) groups is 1. The molecule has 0 radical (unpaired) electrons. The lowest BCUT2D eigenvalue weighted by Gasteiger charge is -2.59. The van der Waals surface area contributed by atoms with E-state index in [1.54, 1.807) is 0 Å². The molecule has 2 atom stereocenters. The van der Waals surface area contributed by atoms with E-state index in [2.05, 4.69) is 55.1 Å². The predicted molar refractivity (Wildman–Crippen MR) is 123 cm³/mol. The molecule has 1 saturated heterocycles. The highest BCUT2D eigenvalue weighted by Gasteiger charge is 2.58. The zero-order valence-electron chi connectivity index (χ0n) is 18.3. The van der Waals surface area contributed by atoms with Gasteiger partial charge in [-0.25, -0.2) is 0 Å². The third kappa shape index (κ3) is 6.18. The summed E-state index contributed by atoms with van der Waals surface area (Å²) in [5.41, 5.74) is 0.0199. The van der Waals surface area contributed by atoms with Crippen LogP contribution in [0.4, 0.5) is 0 Å². The molecule has 1 heterocycles. The van der Waals surface area contributed by atoms with Crippen LogP contribution in [0.5, 0.6) is 0 Å². The first-order valence-corrected chi connectivity index (χ1v) is 10.1. The molecule has 1 aliphatic heterocycles. The number of rotatable bonds is 7. The van der Waals surface area contributed by atoms with Crippen LogP contribution >= 0.6 is 24.0 Å². The van der Waals surface area contributed by atoms with Gasteiger partial charge in [-0.05, 0) is 40.0 Å². The van der Waals surface area contributed by atoms with Crippen LogP contribution in [-0.2, 0) is 9.47 Å². The summed E-state index contributed by atoms with van der Waals surface area (Å²) in [6.45, 7) is 15.0. The fourth-order valence-electron chi connectivity index (χ4n) is 3.97. The molecule has 0 aromatic carbocycles. The molecular formula is C20H41IN4O2. The molecule has 0 bridgehead atoms. The summed E-state index contributed by atoms with van der Waals surface area (Å²) < 4.78 is 11.4. The summed E-state index contributed by atoms with van der Waals surface area (Å²) in [7, 11) is 3.67. The van der Waals surface area contributed by atoms with E-state index < -0.39 is 0 Å². The molecular weight excluding hydrogens is 455 g/mol. The van der Waals surface area contributed by atoms with Crippen LogP contribution in [0.15, 0.2) is 4.99 Å². The quantitative estimate of drug-likeness (QED) is 0.323. The molecule has 160 valence electrons. The average Bonchev–Trinajstić information content (AvgIpc) is 2.61. The number of halogens is 1. The number of nitrogens with zero attached hydrogens (tertiary/aromatic N) is 2. The number of nitrogens with one attached hydrogen (secondary N) is 2. The smallest absolute Gasteiger partial charge is 0.191 e. The molecule has 2 unspecified atom stereocenters. The molecule has 6 nitrogen and oxygen atoms in total. The monoisotopic (exact) mass is 496 g/mol. The topological polar surface area (TPSA) is 58.1 Å². The van der Waals surface area contributed by atoms with E-state index in [1.165, 1.54) is 0 Å². The van der Waals surface area contributed by atoms with Crippen molar-refractivity contribution in [2.24, 2.45) is 10.4 Å². The van der Waals surface area contributed by atoms with Gasteiger partial charge >= 0.3 is 0 Å². The molecule has 27 heavy (non-hydrogen) atoms. The van der Waals surface area contributed by atoms with Crippen molar-refractivity contribution >= 4 is 29.9 Å². The SMILES string of the molecule is CN=C(NC1CCN(CCOC(C)C)CC1)NC1CC(C)(OC)C1(C)C.I. The molecule has 0 aromatic heterocycles. The Bertz CT molecular complexity index is 479. The summed E-state index contributed by atoms with van der Waals surface area (Å²) >= 11 is 0. The first kappa shape index (κ1) is 24.9. The number of hydrogen-bond acceptors (Lipinski definition) is 4. The lowest BCUT2D eigenvalue weighted by Crippen LogP contribution is -2.69. The maximum atomic E-state index is 5.73. The van der Waals surface area contributed by atoms with Crippen LogP contribution in [0.25, 0.3) is 0 Å². The summed E-state index contributed by atoms with van der Waals surface area (Å²) in [5, 5.41) is 7.24. The van der Waals surface area contributed by atoms with E-state index in [-0.39, 0.29) is 35.0 Å². The Hall–Kier alpha value is -0.120. The van der Waals surface area contributed by atoms with Crippen LogP contribution in [0.2, 0.25) is 0 Å². The van der Waals surface area contributed by atoms with Crippen molar-refractivity contribution in [3.05, 3.63) is 0 Å². The zero-order valence-corrected chi connectivity index (χ0v) is 20.6. The van der Waals surface area contributed by atoms with Crippen LogP contribution in [0.1, 0.15) is 53.9 Å². The van der Waals surface area contributed by atoms with Gasteiger partial charge in [-0.2, -0.15) is 0 Å². The number of ether oxygens (including phenoxy) is 2. The van der Waals surface area contributed by atoms with E-state index in [1.807, 2.05) is 14.2 Å². The average molecular weight is 496 g/mol. The Labute approximate surface area is 183 Å². The number of hydrogen-bond donors (Lipinski definition) is 2. The summed E-state index contributed by atoms with van der Waals surface area (Å²) in [6, 6.07) is 0.868. The van der Waals surface area contributed by atoms with Gasteiger partial charge in [0.25, 0.3) is 0 Å². The Morgan fingerprint density at radius 2 is 1.81 bits per heavy atom. The number of methoxy groups -OCH3 is 1. The Morgan fingerprint density at radius 3 is 2.30 bits per heavy atom. The lowest BCUT2D eigenvalue weighted by molar-refractivity contribution is -0.176. The highest BCUT2D eigenvalue weighted by atomic mass is 127. The minimum Gasteiger partial charge on any atom is -0.378 e. The van der Waals surface area contributed by atoms with Gasteiger partial charge in [-0.1, -0.05) is 13.8 Å². The molecule has 0 spiro atoms. The number of likely N-dealkylation sites (tertiary alicyclic amines) is 1. The van der Waals surface area contributed by atoms with Crippen molar-refractivity contribution in [1.29, 1.82) is 0 Å². The Morgan fingerprint density at radius 1 is 1.19 bits per heavy atom. The van der Waals surface area contributed by atoms with Gasteiger partial charge in [-0.15, -0.1) is 24.0 Å². The second-order valence-electron chi connectivity index (χ2n) is 8.81. The molecule has 2 N–H and O–H groups in total. The zero-order chi connectivity index (χ0) is 19.4. The molecule has 1 saturated carbocycles. The van der Waals surface area contributed by atoms with Crippen LogP contribution in [0.3, 0.4) is 0 Å². The minimum absolute atomic E-state index is 0. The van der Waals surface area contributed by atoms with E-state index >= 15 is 0 Å².